The zero-order valence-corrected chi connectivity index (χ0v) is 11.4. The average Bonchev–Trinajstić information content (AvgIpc) is 2.76. The Kier molecular flexibility index (Phi) is 4.27. The standard InChI is InChI=1S/C12H8ClFO2S2/c13-8-2-1-7(10(14)3-8)5-17-9-4-11(12(15)16)18-6-9/h1-4,6H,5H2,(H,15,16). The van der Waals surface area contributed by atoms with Crippen LogP contribution in [0.1, 0.15) is 15.2 Å². The van der Waals surface area contributed by atoms with E-state index in [1.165, 1.54) is 17.8 Å². The number of hydrogen-bond donors (Lipinski definition) is 1. The number of rotatable bonds is 4. The average molecular weight is 303 g/mol. The van der Waals surface area contributed by atoms with Crippen LogP contribution in [-0.2, 0) is 5.75 Å². The summed E-state index contributed by atoms with van der Waals surface area (Å²) in [5.41, 5.74) is 0.549. The van der Waals surface area contributed by atoms with E-state index in [9.17, 15) is 9.18 Å². The Morgan fingerprint density at radius 3 is 2.83 bits per heavy atom. The van der Waals surface area contributed by atoms with Crippen molar-refractivity contribution in [3.05, 3.63) is 50.9 Å². The second kappa shape index (κ2) is 5.73. The molecule has 2 nitrogen and oxygen atoms in total. The third-order valence-corrected chi connectivity index (χ3v) is 4.52. The molecule has 0 spiro atoms. The van der Waals surface area contributed by atoms with Gasteiger partial charge in [-0.3, -0.25) is 0 Å². The van der Waals surface area contributed by atoms with Crippen LogP contribution in [0, 0.1) is 5.82 Å². The van der Waals surface area contributed by atoms with Gasteiger partial charge >= 0.3 is 5.97 Å². The Labute approximate surface area is 116 Å². The maximum atomic E-state index is 13.5. The maximum Gasteiger partial charge on any atom is 0.345 e. The van der Waals surface area contributed by atoms with E-state index in [0.29, 0.717) is 16.3 Å². The van der Waals surface area contributed by atoms with Crippen molar-refractivity contribution in [2.45, 2.75) is 10.6 Å². The largest absolute Gasteiger partial charge is 0.477 e. The second-order valence-corrected chi connectivity index (χ2v) is 5.87. The summed E-state index contributed by atoms with van der Waals surface area (Å²) in [7, 11) is 0. The predicted molar refractivity (Wildman–Crippen MR) is 72.2 cm³/mol. The number of thiophene rings is 1. The molecule has 6 heteroatoms. The zero-order chi connectivity index (χ0) is 13.1. The number of hydrogen-bond acceptors (Lipinski definition) is 3. The molecular formula is C12H8ClFO2S2. The van der Waals surface area contributed by atoms with Crippen LogP contribution in [-0.4, -0.2) is 11.1 Å². The fraction of sp³-hybridized carbons (Fsp3) is 0.0833. The number of carbonyl (C=O) groups is 1. The molecule has 2 rings (SSSR count). The molecule has 0 unspecified atom stereocenters. The number of halogens is 2. The summed E-state index contributed by atoms with van der Waals surface area (Å²) in [6.07, 6.45) is 0. The van der Waals surface area contributed by atoms with Crippen LogP contribution >= 0.6 is 34.7 Å². The lowest BCUT2D eigenvalue weighted by atomic mass is 10.2. The van der Waals surface area contributed by atoms with Gasteiger partial charge in [0.1, 0.15) is 10.7 Å². The van der Waals surface area contributed by atoms with Crippen LogP contribution in [0.25, 0.3) is 0 Å². The highest BCUT2D eigenvalue weighted by Crippen LogP contribution is 2.29. The van der Waals surface area contributed by atoms with Crippen LogP contribution < -0.4 is 0 Å². The zero-order valence-electron chi connectivity index (χ0n) is 9.02. The molecule has 0 aliphatic heterocycles. The Hall–Kier alpha value is -1.04. The topological polar surface area (TPSA) is 37.3 Å². The molecule has 1 aromatic heterocycles. The number of carboxylic acids is 1. The first kappa shape index (κ1) is 13.4. The smallest absolute Gasteiger partial charge is 0.345 e. The summed E-state index contributed by atoms with van der Waals surface area (Å²) in [6, 6.07) is 6.13. The monoisotopic (exact) mass is 302 g/mol. The molecule has 0 fully saturated rings. The normalized spacial score (nSPS) is 10.6. The number of carboxylic acid groups (broad SMARTS) is 1. The quantitative estimate of drug-likeness (QED) is 0.843. The Balaban J connectivity index is 2.04. The SMILES string of the molecule is O=C(O)c1cc(SCc2ccc(Cl)cc2F)cs1. The molecule has 0 amide bonds. The lowest BCUT2D eigenvalue weighted by molar-refractivity contribution is 0.0702. The molecule has 0 bridgehead atoms. The van der Waals surface area contributed by atoms with E-state index in [2.05, 4.69) is 0 Å². The van der Waals surface area contributed by atoms with Crippen molar-refractivity contribution in [1.82, 2.24) is 0 Å². The van der Waals surface area contributed by atoms with Crippen molar-refractivity contribution in [3.63, 3.8) is 0 Å². The van der Waals surface area contributed by atoms with Crippen molar-refractivity contribution in [2.24, 2.45) is 0 Å². The van der Waals surface area contributed by atoms with Crippen molar-refractivity contribution in [1.29, 1.82) is 0 Å². The summed E-state index contributed by atoms with van der Waals surface area (Å²) in [4.78, 5) is 11.8. The molecule has 0 radical (unpaired) electrons. The number of benzene rings is 1. The summed E-state index contributed by atoms with van der Waals surface area (Å²) in [5, 5.41) is 10.9. The first-order chi connectivity index (χ1) is 8.56. The molecule has 1 N–H and O–H groups in total. The molecule has 1 aromatic carbocycles. The van der Waals surface area contributed by atoms with Gasteiger partial charge in [0.25, 0.3) is 0 Å². The van der Waals surface area contributed by atoms with E-state index >= 15 is 0 Å². The fourth-order valence-corrected chi connectivity index (χ4v) is 3.32. The Morgan fingerprint density at radius 2 is 2.22 bits per heavy atom. The highest BCUT2D eigenvalue weighted by molar-refractivity contribution is 7.98. The summed E-state index contributed by atoms with van der Waals surface area (Å²) in [5.74, 6) is -0.841. The van der Waals surface area contributed by atoms with E-state index in [1.54, 1.807) is 23.6 Å². The van der Waals surface area contributed by atoms with Gasteiger partial charge in [-0.25, -0.2) is 9.18 Å². The molecule has 2 aromatic rings. The van der Waals surface area contributed by atoms with Gasteiger partial charge in [-0.2, -0.15) is 0 Å². The van der Waals surface area contributed by atoms with Crippen LogP contribution in [0.2, 0.25) is 5.02 Å². The van der Waals surface area contributed by atoms with Crippen molar-refractivity contribution >= 4 is 40.7 Å². The van der Waals surface area contributed by atoms with Crippen molar-refractivity contribution in [2.75, 3.05) is 0 Å². The van der Waals surface area contributed by atoms with Crippen molar-refractivity contribution < 1.29 is 14.3 Å². The lowest BCUT2D eigenvalue weighted by Crippen LogP contribution is -1.90. The minimum absolute atomic E-state index is 0.286. The summed E-state index contributed by atoms with van der Waals surface area (Å²) < 4.78 is 13.5. The fourth-order valence-electron chi connectivity index (χ4n) is 1.31. The van der Waals surface area contributed by atoms with Crippen molar-refractivity contribution in [3.8, 4) is 0 Å². The van der Waals surface area contributed by atoms with Gasteiger partial charge in [-0.15, -0.1) is 23.1 Å². The lowest BCUT2D eigenvalue weighted by Gasteiger charge is -2.02. The van der Waals surface area contributed by atoms with Gasteiger partial charge in [0.15, 0.2) is 0 Å². The van der Waals surface area contributed by atoms with Crippen LogP contribution in [0.4, 0.5) is 4.39 Å². The third kappa shape index (κ3) is 3.25. The van der Waals surface area contributed by atoms with Crippen LogP contribution in [0.15, 0.2) is 34.5 Å². The molecule has 0 aliphatic rings. The van der Waals surface area contributed by atoms with Gasteiger partial charge in [-0.05, 0) is 23.8 Å². The highest BCUT2D eigenvalue weighted by Gasteiger charge is 2.08. The van der Waals surface area contributed by atoms with E-state index in [1.807, 2.05) is 0 Å². The summed E-state index contributed by atoms with van der Waals surface area (Å²) in [6.45, 7) is 0. The molecule has 94 valence electrons. The minimum atomic E-state index is -0.940. The van der Waals surface area contributed by atoms with E-state index < -0.39 is 5.97 Å². The Bertz CT molecular complexity index is 583. The number of aromatic carboxylic acids is 1. The molecule has 0 saturated carbocycles. The van der Waals surface area contributed by atoms with Gasteiger partial charge in [0.05, 0.1) is 0 Å². The maximum absolute atomic E-state index is 13.5. The van der Waals surface area contributed by atoms with E-state index in [4.69, 9.17) is 16.7 Å². The second-order valence-electron chi connectivity index (χ2n) is 3.48. The van der Waals surface area contributed by atoms with E-state index in [-0.39, 0.29) is 10.7 Å². The highest BCUT2D eigenvalue weighted by atomic mass is 35.5. The van der Waals surface area contributed by atoms with Gasteiger partial charge in [-0.1, -0.05) is 17.7 Å². The molecule has 18 heavy (non-hydrogen) atoms. The Morgan fingerprint density at radius 1 is 1.44 bits per heavy atom. The first-order valence-electron chi connectivity index (χ1n) is 4.95. The van der Waals surface area contributed by atoms with Crippen LogP contribution in [0.3, 0.4) is 0 Å². The number of thioether (sulfide) groups is 1. The summed E-state index contributed by atoms with van der Waals surface area (Å²) >= 11 is 8.22. The minimum Gasteiger partial charge on any atom is -0.477 e. The molecule has 0 atom stereocenters. The van der Waals surface area contributed by atoms with Gasteiger partial charge < -0.3 is 5.11 Å². The molecular weight excluding hydrogens is 295 g/mol. The van der Waals surface area contributed by atoms with Crippen LogP contribution in [0.5, 0.6) is 0 Å². The van der Waals surface area contributed by atoms with Gasteiger partial charge in [0.2, 0.25) is 0 Å². The third-order valence-electron chi connectivity index (χ3n) is 2.20. The van der Waals surface area contributed by atoms with E-state index in [0.717, 1.165) is 16.2 Å². The molecule has 1 heterocycles. The first-order valence-corrected chi connectivity index (χ1v) is 7.19. The predicted octanol–water partition coefficient (Wildman–Crippen LogP) is 4.53. The molecule has 0 aliphatic carbocycles. The molecule has 0 saturated heterocycles. The van der Waals surface area contributed by atoms with Gasteiger partial charge in [0, 0.05) is 21.1 Å².